The minimum absolute atomic E-state index is 0.0186. The minimum atomic E-state index is -0.713. The maximum atomic E-state index is 12.8. The molecule has 1 aliphatic carbocycles. The van der Waals surface area contributed by atoms with E-state index in [1.54, 1.807) is 0 Å². The summed E-state index contributed by atoms with van der Waals surface area (Å²) in [6.07, 6.45) is 8.97. The monoisotopic (exact) mass is 294 g/mol. The Labute approximate surface area is 128 Å². The Bertz CT molecular complexity index is 390. The maximum Gasteiger partial charge on any atom is 0.248 e. The fraction of sp³-hybridized carbons (Fsp3) is 0.882. The molecule has 1 saturated heterocycles. The highest BCUT2D eigenvalue weighted by atomic mass is 16.2. The fourth-order valence-electron chi connectivity index (χ4n) is 3.71. The van der Waals surface area contributed by atoms with Gasteiger partial charge in [-0.25, -0.2) is 0 Å². The second-order valence-corrected chi connectivity index (χ2v) is 6.89. The Hall–Kier alpha value is -1.06. The summed E-state index contributed by atoms with van der Waals surface area (Å²) >= 11 is 0. The van der Waals surface area contributed by atoms with Crippen molar-refractivity contribution in [2.45, 2.75) is 83.7 Å². The summed E-state index contributed by atoms with van der Waals surface area (Å²) < 4.78 is 0. The summed E-state index contributed by atoms with van der Waals surface area (Å²) in [5, 5.41) is 2.93. The van der Waals surface area contributed by atoms with Crippen LogP contribution in [0.5, 0.6) is 0 Å². The lowest BCUT2D eigenvalue weighted by Crippen LogP contribution is -2.69. The highest BCUT2D eigenvalue weighted by molar-refractivity contribution is 5.99. The number of hydrogen-bond donors (Lipinski definition) is 1. The molecule has 1 aliphatic heterocycles. The third kappa shape index (κ3) is 3.41. The van der Waals surface area contributed by atoms with Gasteiger partial charge in [0.05, 0.1) is 0 Å². The molecule has 120 valence electrons. The molecule has 21 heavy (non-hydrogen) atoms. The molecular weight excluding hydrogens is 264 g/mol. The molecule has 1 N–H and O–H groups in total. The molecular formula is C17H30N2O2. The first kappa shape index (κ1) is 16.3. The molecule has 0 radical (unpaired) electrons. The highest BCUT2D eigenvalue weighted by Crippen LogP contribution is 2.29. The summed E-state index contributed by atoms with van der Waals surface area (Å²) in [6, 6.07) is -0.277. The van der Waals surface area contributed by atoms with Gasteiger partial charge in [0, 0.05) is 6.54 Å². The number of carbonyl (C=O) groups excluding carboxylic acids is 2. The zero-order chi connectivity index (χ0) is 15.5. The predicted octanol–water partition coefficient (Wildman–Crippen LogP) is 2.86. The van der Waals surface area contributed by atoms with E-state index in [0.29, 0.717) is 12.8 Å². The molecule has 0 spiro atoms. The first-order valence-corrected chi connectivity index (χ1v) is 8.65. The van der Waals surface area contributed by atoms with Crippen LogP contribution in [0.3, 0.4) is 0 Å². The van der Waals surface area contributed by atoms with Crippen molar-refractivity contribution in [3.63, 3.8) is 0 Å². The van der Waals surface area contributed by atoms with Crippen molar-refractivity contribution >= 4 is 11.8 Å². The van der Waals surface area contributed by atoms with Crippen molar-refractivity contribution in [2.24, 2.45) is 5.92 Å². The van der Waals surface area contributed by atoms with Crippen LogP contribution < -0.4 is 5.32 Å². The summed E-state index contributed by atoms with van der Waals surface area (Å²) in [6.45, 7) is 6.54. The molecule has 2 aliphatic rings. The summed E-state index contributed by atoms with van der Waals surface area (Å²) in [7, 11) is 0. The van der Waals surface area contributed by atoms with Gasteiger partial charge in [-0.2, -0.15) is 0 Å². The van der Waals surface area contributed by atoms with Crippen molar-refractivity contribution in [3.8, 4) is 0 Å². The van der Waals surface area contributed by atoms with E-state index in [2.05, 4.69) is 5.32 Å². The first-order chi connectivity index (χ1) is 10.0. The number of nitrogens with one attached hydrogen (secondary N) is 1. The highest BCUT2D eigenvalue weighted by Gasteiger charge is 2.46. The molecule has 0 aromatic heterocycles. The van der Waals surface area contributed by atoms with Crippen LogP contribution in [-0.2, 0) is 9.59 Å². The van der Waals surface area contributed by atoms with Crippen LogP contribution in [-0.4, -0.2) is 34.8 Å². The smallest absolute Gasteiger partial charge is 0.248 e. The molecule has 2 unspecified atom stereocenters. The topological polar surface area (TPSA) is 49.4 Å². The lowest BCUT2D eigenvalue weighted by atomic mass is 9.86. The largest absolute Gasteiger partial charge is 0.340 e. The van der Waals surface area contributed by atoms with E-state index >= 15 is 0 Å². The second kappa shape index (κ2) is 6.80. The molecule has 1 saturated carbocycles. The van der Waals surface area contributed by atoms with Gasteiger partial charge < -0.3 is 10.2 Å². The SMILES string of the molecule is CCC1C(=O)NC(C)(CC)C(=O)N1CCC1CCCCC1. The summed E-state index contributed by atoms with van der Waals surface area (Å²) in [4.78, 5) is 26.9. The van der Waals surface area contributed by atoms with Gasteiger partial charge in [0.15, 0.2) is 0 Å². The molecule has 0 aromatic carbocycles. The van der Waals surface area contributed by atoms with E-state index in [1.807, 2.05) is 25.7 Å². The van der Waals surface area contributed by atoms with E-state index in [0.717, 1.165) is 18.9 Å². The average molecular weight is 294 g/mol. The number of nitrogens with zero attached hydrogens (tertiary/aromatic N) is 1. The van der Waals surface area contributed by atoms with Crippen LogP contribution in [0.1, 0.15) is 72.1 Å². The van der Waals surface area contributed by atoms with Crippen LogP contribution in [0, 0.1) is 5.92 Å². The zero-order valence-corrected chi connectivity index (χ0v) is 13.8. The molecule has 4 nitrogen and oxygen atoms in total. The number of rotatable bonds is 5. The number of carbonyl (C=O) groups is 2. The van der Waals surface area contributed by atoms with Crippen molar-refractivity contribution in [1.82, 2.24) is 10.2 Å². The third-order valence-electron chi connectivity index (χ3n) is 5.41. The molecule has 0 aromatic rings. The molecule has 1 heterocycles. The average Bonchev–Trinajstić information content (AvgIpc) is 2.50. The molecule has 2 amide bonds. The summed E-state index contributed by atoms with van der Waals surface area (Å²) in [5.41, 5.74) is -0.713. The molecule has 2 fully saturated rings. The Balaban J connectivity index is 2.04. The van der Waals surface area contributed by atoms with Crippen molar-refractivity contribution < 1.29 is 9.59 Å². The number of hydrogen-bond acceptors (Lipinski definition) is 2. The van der Waals surface area contributed by atoms with Gasteiger partial charge in [0.1, 0.15) is 11.6 Å². The standard InChI is InChI=1S/C17H30N2O2/c1-4-14-15(20)18-17(3,5-2)16(21)19(14)12-11-13-9-7-6-8-10-13/h13-14H,4-12H2,1-3H3,(H,18,20). The van der Waals surface area contributed by atoms with Crippen LogP contribution >= 0.6 is 0 Å². The van der Waals surface area contributed by atoms with Gasteiger partial charge in [-0.15, -0.1) is 0 Å². The van der Waals surface area contributed by atoms with E-state index in [4.69, 9.17) is 0 Å². The van der Waals surface area contributed by atoms with Crippen LogP contribution in [0.2, 0.25) is 0 Å². The molecule has 2 rings (SSSR count). The quantitative estimate of drug-likeness (QED) is 0.847. The first-order valence-electron chi connectivity index (χ1n) is 8.65. The van der Waals surface area contributed by atoms with Crippen molar-refractivity contribution in [2.75, 3.05) is 6.54 Å². The molecule has 4 heteroatoms. The predicted molar refractivity (Wildman–Crippen MR) is 83.8 cm³/mol. The van der Waals surface area contributed by atoms with Crippen LogP contribution in [0.4, 0.5) is 0 Å². The lowest BCUT2D eigenvalue weighted by molar-refractivity contribution is -0.154. The fourth-order valence-corrected chi connectivity index (χ4v) is 3.71. The van der Waals surface area contributed by atoms with Gasteiger partial charge >= 0.3 is 0 Å². The normalized spacial score (nSPS) is 31.4. The zero-order valence-electron chi connectivity index (χ0n) is 13.8. The van der Waals surface area contributed by atoms with Gasteiger partial charge in [-0.1, -0.05) is 46.0 Å². The summed E-state index contributed by atoms with van der Waals surface area (Å²) in [5.74, 6) is 0.860. The van der Waals surface area contributed by atoms with Gasteiger partial charge in [-0.05, 0) is 32.1 Å². The van der Waals surface area contributed by atoms with Crippen LogP contribution in [0.15, 0.2) is 0 Å². The van der Waals surface area contributed by atoms with Gasteiger partial charge in [-0.3, -0.25) is 9.59 Å². The Kier molecular flexibility index (Phi) is 5.28. The van der Waals surface area contributed by atoms with E-state index in [9.17, 15) is 9.59 Å². The lowest BCUT2D eigenvalue weighted by Gasteiger charge is -2.44. The number of amides is 2. The third-order valence-corrected chi connectivity index (χ3v) is 5.41. The van der Waals surface area contributed by atoms with E-state index in [-0.39, 0.29) is 17.9 Å². The minimum Gasteiger partial charge on any atom is -0.340 e. The Morgan fingerprint density at radius 1 is 1.19 bits per heavy atom. The Morgan fingerprint density at radius 3 is 2.43 bits per heavy atom. The molecule has 0 bridgehead atoms. The second-order valence-electron chi connectivity index (χ2n) is 6.89. The van der Waals surface area contributed by atoms with E-state index in [1.165, 1.54) is 32.1 Å². The number of piperazine rings is 1. The molecule has 2 atom stereocenters. The van der Waals surface area contributed by atoms with Crippen molar-refractivity contribution in [3.05, 3.63) is 0 Å². The van der Waals surface area contributed by atoms with Gasteiger partial charge in [0.25, 0.3) is 0 Å². The van der Waals surface area contributed by atoms with Crippen LogP contribution in [0.25, 0.3) is 0 Å². The van der Waals surface area contributed by atoms with E-state index < -0.39 is 5.54 Å². The maximum absolute atomic E-state index is 12.8. The van der Waals surface area contributed by atoms with Gasteiger partial charge in [0.2, 0.25) is 11.8 Å². The van der Waals surface area contributed by atoms with Crippen molar-refractivity contribution in [1.29, 1.82) is 0 Å². The Morgan fingerprint density at radius 2 is 1.86 bits per heavy atom.